The van der Waals surface area contributed by atoms with Crippen molar-refractivity contribution in [3.8, 4) is 11.5 Å². The Morgan fingerprint density at radius 1 is 1.23 bits per heavy atom. The molecule has 6 nitrogen and oxygen atoms in total. The van der Waals surface area contributed by atoms with Crippen LogP contribution < -0.4 is 14.8 Å². The van der Waals surface area contributed by atoms with E-state index in [9.17, 15) is 9.59 Å². The van der Waals surface area contributed by atoms with Gasteiger partial charge in [0, 0.05) is 22.3 Å². The van der Waals surface area contributed by atoms with Gasteiger partial charge in [0.25, 0.3) is 0 Å². The molecule has 0 atom stereocenters. The molecule has 154 valence electrons. The van der Waals surface area contributed by atoms with Crippen molar-refractivity contribution in [3.63, 3.8) is 0 Å². The topological polar surface area (TPSA) is 73.9 Å². The normalized spacial score (nSPS) is 12.3. The molecule has 0 aliphatic carbocycles. The highest BCUT2D eigenvalue weighted by molar-refractivity contribution is 7.17. The van der Waals surface area contributed by atoms with Crippen LogP contribution in [0, 0.1) is 6.92 Å². The molecule has 8 heteroatoms. The summed E-state index contributed by atoms with van der Waals surface area (Å²) in [5.41, 5.74) is 2.20. The Hall–Kier alpha value is -3.10. The van der Waals surface area contributed by atoms with Crippen LogP contribution in [0.1, 0.15) is 31.2 Å². The number of nitrogens with one attached hydrogen (secondary N) is 1. The number of anilines is 1. The minimum atomic E-state index is -0.474. The summed E-state index contributed by atoms with van der Waals surface area (Å²) in [6.07, 6.45) is 3.79. The predicted molar refractivity (Wildman–Crippen MR) is 118 cm³/mol. The van der Waals surface area contributed by atoms with Gasteiger partial charge in [-0.25, -0.2) is 4.79 Å². The second-order valence-corrected chi connectivity index (χ2v) is 8.63. The average Bonchev–Trinajstić information content (AvgIpc) is 3.47. The lowest BCUT2D eigenvalue weighted by molar-refractivity contribution is -0.111. The third-order valence-electron chi connectivity index (χ3n) is 4.62. The smallest absolute Gasteiger partial charge is 0.341 e. The van der Waals surface area contributed by atoms with Crippen LogP contribution in [0.25, 0.3) is 6.08 Å². The predicted octanol–water partition coefficient (Wildman–Crippen LogP) is 4.88. The molecule has 1 amide bonds. The van der Waals surface area contributed by atoms with E-state index in [4.69, 9.17) is 14.2 Å². The van der Waals surface area contributed by atoms with Crippen molar-refractivity contribution in [2.24, 2.45) is 0 Å². The van der Waals surface area contributed by atoms with Crippen LogP contribution in [0.3, 0.4) is 0 Å². The molecule has 0 saturated heterocycles. The second kappa shape index (κ2) is 8.73. The van der Waals surface area contributed by atoms with Crippen molar-refractivity contribution in [2.75, 3.05) is 19.2 Å². The van der Waals surface area contributed by atoms with E-state index < -0.39 is 5.97 Å². The summed E-state index contributed by atoms with van der Waals surface area (Å²) < 4.78 is 15.7. The first-order chi connectivity index (χ1) is 14.5. The number of esters is 1. The number of hydrogen-bond donors (Lipinski definition) is 1. The van der Waals surface area contributed by atoms with Crippen molar-refractivity contribution in [3.05, 3.63) is 68.2 Å². The van der Waals surface area contributed by atoms with Crippen LogP contribution in [0.2, 0.25) is 0 Å². The molecule has 0 spiro atoms. The lowest BCUT2D eigenvalue weighted by Crippen LogP contribution is -2.11. The first-order valence-corrected chi connectivity index (χ1v) is 10.9. The SMILES string of the molecule is COC(=O)c1c(NC(=O)C=Cc2cccs2)sc(Cc2ccc3c(c2)OCO3)c1C. The van der Waals surface area contributed by atoms with E-state index in [1.807, 2.05) is 42.6 Å². The third-order valence-corrected chi connectivity index (χ3v) is 6.66. The molecule has 4 rings (SSSR count). The molecule has 0 saturated carbocycles. The molecule has 3 heterocycles. The number of benzene rings is 1. The summed E-state index contributed by atoms with van der Waals surface area (Å²) in [6.45, 7) is 2.08. The van der Waals surface area contributed by atoms with Crippen molar-refractivity contribution in [1.29, 1.82) is 0 Å². The Morgan fingerprint density at radius 3 is 2.83 bits per heavy atom. The largest absolute Gasteiger partial charge is 0.465 e. The molecule has 1 N–H and O–H groups in total. The van der Waals surface area contributed by atoms with E-state index in [-0.39, 0.29) is 12.7 Å². The number of ether oxygens (including phenoxy) is 3. The zero-order valence-corrected chi connectivity index (χ0v) is 18.0. The fourth-order valence-electron chi connectivity index (χ4n) is 3.10. The van der Waals surface area contributed by atoms with Gasteiger partial charge < -0.3 is 19.5 Å². The standard InChI is InChI=1S/C22H19NO5S2/c1-13-18(11-14-5-7-16-17(10-14)28-12-27-16)30-21(20(13)22(25)26-2)23-19(24)8-6-15-4-3-9-29-15/h3-10H,11-12H2,1-2H3,(H,23,24). The highest BCUT2D eigenvalue weighted by Gasteiger charge is 2.23. The van der Waals surface area contributed by atoms with Crippen LogP contribution in [0.5, 0.6) is 11.5 Å². The number of methoxy groups -OCH3 is 1. The van der Waals surface area contributed by atoms with E-state index in [0.717, 1.165) is 26.6 Å². The zero-order valence-electron chi connectivity index (χ0n) is 16.4. The number of hydrogen-bond acceptors (Lipinski definition) is 7. The van der Waals surface area contributed by atoms with Gasteiger partial charge >= 0.3 is 5.97 Å². The zero-order chi connectivity index (χ0) is 21.1. The van der Waals surface area contributed by atoms with Gasteiger partial charge in [-0.05, 0) is 47.7 Å². The van der Waals surface area contributed by atoms with Gasteiger partial charge in [-0.15, -0.1) is 22.7 Å². The Bertz CT molecular complexity index is 1120. The molecule has 1 aromatic carbocycles. The van der Waals surface area contributed by atoms with Gasteiger partial charge in [0.2, 0.25) is 12.7 Å². The Balaban J connectivity index is 1.58. The van der Waals surface area contributed by atoms with Crippen molar-refractivity contribution in [2.45, 2.75) is 13.3 Å². The quantitative estimate of drug-likeness (QED) is 0.436. The summed E-state index contributed by atoms with van der Waals surface area (Å²) in [6, 6.07) is 9.61. The highest BCUT2D eigenvalue weighted by Crippen LogP contribution is 2.37. The van der Waals surface area contributed by atoms with Gasteiger partial charge in [0.1, 0.15) is 5.00 Å². The number of rotatable bonds is 6. The summed E-state index contributed by atoms with van der Waals surface area (Å²) in [4.78, 5) is 26.7. The number of thiophene rings is 2. The van der Waals surface area contributed by atoms with Crippen LogP contribution in [-0.4, -0.2) is 25.8 Å². The van der Waals surface area contributed by atoms with Crippen LogP contribution >= 0.6 is 22.7 Å². The maximum absolute atomic E-state index is 12.4. The lowest BCUT2D eigenvalue weighted by atomic mass is 10.1. The fraction of sp³-hybridized carbons (Fsp3) is 0.182. The van der Waals surface area contributed by atoms with Gasteiger partial charge in [0.05, 0.1) is 12.7 Å². The summed E-state index contributed by atoms with van der Waals surface area (Å²) >= 11 is 2.92. The maximum atomic E-state index is 12.4. The first-order valence-electron chi connectivity index (χ1n) is 9.17. The van der Waals surface area contributed by atoms with Crippen LogP contribution in [0.4, 0.5) is 5.00 Å². The molecule has 2 aromatic heterocycles. The lowest BCUT2D eigenvalue weighted by Gasteiger charge is -2.04. The molecule has 0 bridgehead atoms. The second-order valence-electron chi connectivity index (χ2n) is 6.55. The Labute approximate surface area is 181 Å². The molecule has 30 heavy (non-hydrogen) atoms. The van der Waals surface area contributed by atoms with Gasteiger partial charge in [0.15, 0.2) is 11.5 Å². The van der Waals surface area contributed by atoms with Crippen molar-refractivity contribution < 1.29 is 23.8 Å². The number of carbonyl (C=O) groups excluding carboxylic acids is 2. The van der Waals surface area contributed by atoms with E-state index in [1.54, 1.807) is 17.4 Å². The summed E-state index contributed by atoms with van der Waals surface area (Å²) in [5, 5.41) is 5.25. The van der Waals surface area contributed by atoms with Gasteiger partial charge in [-0.3, -0.25) is 4.79 Å². The molecule has 0 fully saturated rings. The van der Waals surface area contributed by atoms with E-state index in [2.05, 4.69) is 5.32 Å². The Kier molecular flexibility index (Phi) is 5.87. The van der Waals surface area contributed by atoms with Gasteiger partial charge in [-0.1, -0.05) is 12.1 Å². The minimum absolute atomic E-state index is 0.221. The molecule has 0 radical (unpaired) electrons. The monoisotopic (exact) mass is 441 g/mol. The van der Waals surface area contributed by atoms with E-state index in [0.29, 0.717) is 22.7 Å². The number of carbonyl (C=O) groups is 2. The molecule has 1 aliphatic rings. The molecule has 3 aromatic rings. The average molecular weight is 442 g/mol. The molecular formula is C22H19NO5S2. The maximum Gasteiger partial charge on any atom is 0.341 e. The van der Waals surface area contributed by atoms with Crippen LogP contribution in [0.15, 0.2) is 41.8 Å². The van der Waals surface area contributed by atoms with Crippen molar-refractivity contribution in [1.82, 2.24) is 0 Å². The molecule has 1 aliphatic heterocycles. The first kappa shape index (κ1) is 20.2. The molecule has 0 unspecified atom stereocenters. The minimum Gasteiger partial charge on any atom is -0.465 e. The highest BCUT2D eigenvalue weighted by atomic mass is 32.1. The van der Waals surface area contributed by atoms with E-state index in [1.165, 1.54) is 24.5 Å². The third kappa shape index (κ3) is 4.24. The number of fused-ring (bicyclic) bond motifs is 1. The fourth-order valence-corrected chi connectivity index (χ4v) is 4.95. The number of amides is 1. The Morgan fingerprint density at radius 2 is 2.07 bits per heavy atom. The molecular weight excluding hydrogens is 422 g/mol. The van der Waals surface area contributed by atoms with Crippen molar-refractivity contribution >= 4 is 45.6 Å². The summed E-state index contributed by atoms with van der Waals surface area (Å²) in [5.74, 6) is 0.659. The van der Waals surface area contributed by atoms with E-state index >= 15 is 0 Å². The van der Waals surface area contributed by atoms with Crippen LogP contribution in [-0.2, 0) is 16.0 Å². The van der Waals surface area contributed by atoms with Gasteiger partial charge in [-0.2, -0.15) is 0 Å². The summed E-state index contributed by atoms with van der Waals surface area (Å²) in [7, 11) is 1.33.